The lowest BCUT2D eigenvalue weighted by Crippen LogP contribution is -2.21. The third kappa shape index (κ3) is 3.63. The van der Waals surface area contributed by atoms with Gasteiger partial charge in [-0.05, 0) is 47.7 Å². The van der Waals surface area contributed by atoms with Crippen LogP contribution in [0.2, 0.25) is 0 Å². The minimum atomic E-state index is -0.787. The van der Waals surface area contributed by atoms with Gasteiger partial charge in [-0.15, -0.1) is 0 Å². The van der Waals surface area contributed by atoms with Crippen molar-refractivity contribution in [1.29, 1.82) is 0 Å². The molecule has 1 saturated heterocycles. The number of fused-ring (bicyclic) bond motifs is 1. The molecule has 3 N–H and O–H groups in total. The van der Waals surface area contributed by atoms with Gasteiger partial charge in [-0.1, -0.05) is 36.9 Å². The Kier molecular flexibility index (Phi) is 4.85. The lowest BCUT2D eigenvalue weighted by Gasteiger charge is -2.21. The van der Waals surface area contributed by atoms with Gasteiger partial charge in [0, 0.05) is 47.7 Å². The van der Waals surface area contributed by atoms with Crippen LogP contribution in [-0.2, 0) is 6.42 Å². The average Bonchev–Trinajstić information content (AvgIpc) is 3.20. The molecule has 158 valence electrons. The number of hydrogen-bond donors (Lipinski definition) is 2. The van der Waals surface area contributed by atoms with E-state index in [2.05, 4.69) is 22.9 Å². The van der Waals surface area contributed by atoms with Crippen LogP contribution in [0.25, 0.3) is 28.0 Å². The van der Waals surface area contributed by atoms with Gasteiger partial charge in [0.2, 0.25) is 5.95 Å². The number of nitrogens with two attached hydrogens (primary N) is 1. The summed E-state index contributed by atoms with van der Waals surface area (Å²) in [5.41, 5.74) is 12.9. The van der Waals surface area contributed by atoms with E-state index in [0.29, 0.717) is 36.2 Å². The number of anilines is 2. The Labute approximate surface area is 180 Å². The molecule has 0 radical (unpaired) electrons. The Bertz CT molecular complexity index is 1160. The number of hydrogen-bond acceptors (Lipinski definition) is 4. The predicted molar refractivity (Wildman–Crippen MR) is 122 cm³/mol. The maximum Gasteiger partial charge on any atom is 0.222 e. The Balaban J connectivity index is 1.50. The zero-order valence-corrected chi connectivity index (χ0v) is 17.2. The first-order chi connectivity index (χ1) is 15.0. The van der Waals surface area contributed by atoms with E-state index < -0.39 is 12.1 Å². The number of halogens is 2. The largest absolute Gasteiger partial charge is 0.385 e. The van der Waals surface area contributed by atoms with Gasteiger partial charge in [-0.25, -0.2) is 9.37 Å². The van der Waals surface area contributed by atoms with E-state index in [0.717, 1.165) is 35.5 Å². The minimum absolute atomic E-state index is 0.164. The summed E-state index contributed by atoms with van der Waals surface area (Å²) in [6.45, 7) is 6.00. The zero-order valence-electron chi connectivity index (χ0n) is 17.2. The fraction of sp³-hybridized carbons (Fsp3) is 0.240. The zero-order chi connectivity index (χ0) is 21.5. The van der Waals surface area contributed by atoms with Crippen LogP contribution >= 0.6 is 0 Å². The molecular formula is C25H24F2N4. The van der Waals surface area contributed by atoms with Crippen LogP contribution in [0.5, 0.6) is 0 Å². The third-order valence-corrected chi connectivity index (χ3v) is 6.15. The van der Waals surface area contributed by atoms with E-state index in [1.807, 2.05) is 41.3 Å². The molecule has 2 aliphatic rings. The normalized spacial score (nSPS) is 18.1. The summed E-state index contributed by atoms with van der Waals surface area (Å²) in [6, 6.07) is 15.3. The van der Waals surface area contributed by atoms with Crippen molar-refractivity contribution in [1.82, 2.24) is 10.3 Å². The van der Waals surface area contributed by atoms with E-state index in [4.69, 9.17) is 5.73 Å². The summed E-state index contributed by atoms with van der Waals surface area (Å²) in [5.74, 6) is -0.439. The number of nitrogen functional groups attached to an aromatic ring is 1. The molecule has 5 rings (SSSR count). The summed E-state index contributed by atoms with van der Waals surface area (Å²) < 4.78 is 28.2. The van der Waals surface area contributed by atoms with Gasteiger partial charge in [0.15, 0.2) is 0 Å². The second-order valence-corrected chi connectivity index (χ2v) is 8.17. The molecule has 0 spiro atoms. The Morgan fingerprint density at radius 3 is 2.55 bits per heavy atom. The second-order valence-electron chi connectivity index (χ2n) is 8.17. The topological polar surface area (TPSA) is 54.2 Å². The van der Waals surface area contributed by atoms with Crippen LogP contribution in [0.4, 0.5) is 20.3 Å². The molecule has 0 aliphatic carbocycles. The number of alkyl halides is 1. The maximum atomic E-state index is 14.7. The summed E-state index contributed by atoms with van der Waals surface area (Å²) in [4.78, 5) is 5.99. The van der Waals surface area contributed by atoms with Gasteiger partial charge < -0.3 is 16.0 Å². The van der Waals surface area contributed by atoms with Crippen molar-refractivity contribution in [3.8, 4) is 22.3 Å². The van der Waals surface area contributed by atoms with E-state index in [-0.39, 0.29) is 5.82 Å². The minimum Gasteiger partial charge on any atom is -0.385 e. The summed E-state index contributed by atoms with van der Waals surface area (Å²) >= 11 is 0. The summed E-state index contributed by atoms with van der Waals surface area (Å²) in [5, 5.41) is 3.27. The van der Waals surface area contributed by atoms with Crippen molar-refractivity contribution in [2.24, 2.45) is 0 Å². The number of nitrogens with zero attached hydrogens (tertiary/aromatic N) is 2. The molecule has 3 heterocycles. The molecule has 1 aromatic heterocycles. The van der Waals surface area contributed by atoms with Crippen LogP contribution in [-0.4, -0.2) is 30.8 Å². The molecule has 31 heavy (non-hydrogen) atoms. The Morgan fingerprint density at radius 1 is 1.03 bits per heavy atom. The van der Waals surface area contributed by atoms with Crippen LogP contribution in [0.15, 0.2) is 55.1 Å². The van der Waals surface area contributed by atoms with E-state index in [1.54, 1.807) is 6.07 Å². The van der Waals surface area contributed by atoms with Crippen LogP contribution in [0.1, 0.15) is 17.5 Å². The molecule has 1 unspecified atom stereocenters. The van der Waals surface area contributed by atoms with Gasteiger partial charge in [-0.3, -0.25) is 0 Å². The summed E-state index contributed by atoms with van der Waals surface area (Å²) in [7, 11) is 0. The highest BCUT2D eigenvalue weighted by atomic mass is 19.1. The highest BCUT2D eigenvalue weighted by Gasteiger charge is 2.22. The predicted octanol–water partition coefficient (Wildman–Crippen LogP) is 4.80. The number of benzene rings is 2. The Morgan fingerprint density at radius 2 is 1.81 bits per heavy atom. The lowest BCUT2D eigenvalue weighted by atomic mass is 9.93. The molecule has 0 saturated carbocycles. The second kappa shape index (κ2) is 7.69. The van der Waals surface area contributed by atoms with Crippen molar-refractivity contribution in [3.05, 3.63) is 72.2 Å². The highest BCUT2D eigenvalue weighted by Crippen LogP contribution is 2.35. The maximum absolute atomic E-state index is 14.7. The first-order valence-electron chi connectivity index (χ1n) is 10.5. The monoisotopic (exact) mass is 418 g/mol. The van der Waals surface area contributed by atoms with Gasteiger partial charge in [0.25, 0.3) is 0 Å². The molecular weight excluding hydrogens is 394 g/mol. The Hall–Kier alpha value is -3.41. The van der Waals surface area contributed by atoms with Gasteiger partial charge in [0.1, 0.15) is 12.0 Å². The molecule has 1 fully saturated rings. The molecule has 2 aliphatic heterocycles. The molecule has 6 heteroatoms. The van der Waals surface area contributed by atoms with E-state index in [1.165, 1.54) is 5.56 Å². The average molecular weight is 418 g/mol. The van der Waals surface area contributed by atoms with Crippen LogP contribution < -0.4 is 16.0 Å². The van der Waals surface area contributed by atoms with Gasteiger partial charge >= 0.3 is 0 Å². The van der Waals surface area contributed by atoms with Crippen molar-refractivity contribution in [2.75, 3.05) is 30.3 Å². The lowest BCUT2D eigenvalue weighted by molar-refractivity contribution is 0.364. The van der Waals surface area contributed by atoms with Gasteiger partial charge in [-0.2, -0.15) is 4.39 Å². The molecule has 4 nitrogen and oxygen atoms in total. The molecule has 3 aromatic rings. The van der Waals surface area contributed by atoms with E-state index >= 15 is 0 Å². The summed E-state index contributed by atoms with van der Waals surface area (Å²) in [6.07, 6.45) is 0.651. The third-order valence-electron chi connectivity index (χ3n) is 6.15. The number of aromatic nitrogens is 1. The number of nitrogens with one attached hydrogen (secondary N) is 1. The number of rotatable bonds is 3. The molecule has 1 atom stereocenters. The quantitative estimate of drug-likeness (QED) is 0.600. The van der Waals surface area contributed by atoms with Crippen molar-refractivity contribution in [3.63, 3.8) is 0 Å². The van der Waals surface area contributed by atoms with Crippen LogP contribution in [0.3, 0.4) is 0 Å². The SMILES string of the molecule is C=C1NCCc2cc(-c3cc(-c4ccc(N5CCC(F)C5)cc4)c(F)nc3N)ccc21. The number of pyridine rings is 1. The van der Waals surface area contributed by atoms with Crippen LogP contribution in [0, 0.1) is 5.95 Å². The van der Waals surface area contributed by atoms with Crippen molar-refractivity contribution in [2.45, 2.75) is 19.0 Å². The highest BCUT2D eigenvalue weighted by molar-refractivity contribution is 5.82. The fourth-order valence-electron chi connectivity index (χ4n) is 4.45. The van der Waals surface area contributed by atoms with E-state index in [9.17, 15) is 8.78 Å². The van der Waals surface area contributed by atoms with Crippen molar-refractivity contribution >= 4 is 17.2 Å². The van der Waals surface area contributed by atoms with Crippen molar-refractivity contribution < 1.29 is 8.78 Å². The smallest absolute Gasteiger partial charge is 0.222 e. The molecule has 0 bridgehead atoms. The molecule has 2 aromatic carbocycles. The first kappa shape index (κ1) is 19.5. The fourth-order valence-corrected chi connectivity index (χ4v) is 4.45. The first-order valence-corrected chi connectivity index (χ1v) is 10.5. The molecule has 0 amide bonds. The standard InChI is InChI=1S/C25H24F2N4/c1-15-21-7-4-17(12-18(21)8-10-29-15)23-13-22(24(27)30-25(23)28)16-2-5-20(6-3-16)31-11-9-19(26)14-31/h2-7,12-13,19,29H,1,8-11,14H2,(H2,28,30). The van der Waals surface area contributed by atoms with Gasteiger partial charge in [0.05, 0.1) is 0 Å².